The molecule has 1 N–H and O–H groups in total. The van der Waals surface area contributed by atoms with Crippen LogP contribution in [0.4, 0.5) is 5.69 Å². The Morgan fingerprint density at radius 1 is 0.848 bits per heavy atom. The standard InChI is InChI=1S/C26H24N2O4S/c1-32-25-14-8-7-13-24(25)28(33(30,31)23-11-3-2-4-12-23)19-26(29)27-18-20-15-16-21-9-5-6-10-22(21)17-20/h2-17H,18-19H2,1H3,(H,27,29). The molecule has 0 aliphatic rings. The Balaban J connectivity index is 1.58. The molecule has 0 aromatic heterocycles. The van der Waals surface area contributed by atoms with Gasteiger partial charge in [0.25, 0.3) is 10.0 Å². The van der Waals surface area contributed by atoms with Gasteiger partial charge in [0.05, 0.1) is 17.7 Å². The van der Waals surface area contributed by atoms with Gasteiger partial charge in [-0.05, 0) is 46.7 Å². The first kappa shape index (κ1) is 22.4. The number of methoxy groups -OCH3 is 1. The lowest BCUT2D eigenvalue weighted by atomic mass is 10.1. The second-order valence-corrected chi connectivity index (χ2v) is 9.32. The summed E-state index contributed by atoms with van der Waals surface area (Å²) in [6.07, 6.45) is 0. The van der Waals surface area contributed by atoms with Crippen LogP contribution < -0.4 is 14.4 Å². The maximum atomic E-state index is 13.4. The molecule has 0 bridgehead atoms. The van der Waals surface area contributed by atoms with E-state index in [1.165, 1.54) is 19.2 Å². The molecule has 1 amide bonds. The van der Waals surface area contributed by atoms with E-state index >= 15 is 0 Å². The van der Waals surface area contributed by atoms with Crippen LogP contribution in [-0.2, 0) is 21.4 Å². The second kappa shape index (κ2) is 9.75. The van der Waals surface area contributed by atoms with Crippen molar-refractivity contribution in [1.82, 2.24) is 5.32 Å². The number of nitrogens with one attached hydrogen (secondary N) is 1. The van der Waals surface area contributed by atoms with Crippen molar-refractivity contribution in [1.29, 1.82) is 0 Å². The Labute approximate surface area is 193 Å². The summed E-state index contributed by atoms with van der Waals surface area (Å²) < 4.78 is 33.3. The van der Waals surface area contributed by atoms with Crippen LogP contribution in [0.2, 0.25) is 0 Å². The number of rotatable bonds is 8. The number of carbonyl (C=O) groups excluding carboxylic acids is 1. The maximum Gasteiger partial charge on any atom is 0.264 e. The van der Waals surface area contributed by atoms with E-state index in [9.17, 15) is 13.2 Å². The zero-order valence-electron chi connectivity index (χ0n) is 18.1. The summed E-state index contributed by atoms with van der Waals surface area (Å²) in [5, 5.41) is 5.03. The average molecular weight is 461 g/mol. The highest BCUT2D eigenvalue weighted by Crippen LogP contribution is 2.32. The summed E-state index contributed by atoms with van der Waals surface area (Å²) in [6.45, 7) is -0.0972. The first-order valence-electron chi connectivity index (χ1n) is 10.4. The third kappa shape index (κ3) is 4.99. The first-order valence-corrected chi connectivity index (χ1v) is 11.9. The molecule has 0 aliphatic carbocycles. The number of benzene rings is 4. The number of ether oxygens (including phenoxy) is 1. The lowest BCUT2D eigenvalue weighted by Crippen LogP contribution is -2.40. The number of anilines is 1. The minimum atomic E-state index is -4.00. The summed E-state index contributed by atoms with van der Waals surface area (Å²) in [6, 6.07) is 28.7. The molecule has 33 heavy (non-hydrogen) atoms. The van der Waals surface area contributed by atoms with Gasteiger partial charge >= 0.3 is 0 Å². The van der Waals surface area contributed by atoms with Crippen molar-refractivity contribution in [3.05, 3.63) is 103 Å². The fourth-order valence-corrected chi connectivity index (χ4v) is 5.04. The molecule has 0 radical (unpaired) electrons. The lowest BCUT2D eigenvalue weighted by Gasteiger charge is -2.25. The molecule has 0 aliphatic heterocycles. The molecule has 0 fully saturated rings. The molecule has 0 saturated carbocycles. The number of hydrogen-bond donors (Lipinski definition) is 1. The van der Waals surface area contributed by atoms with Gasteiger partial charge < -0.3 is 10.1 Å². The van der Waals surface area contributed by atoms with Gasteiger partial charge in [0.2, 0.25) is 5.91 Å². The van der Waals surface area contributed by atoms with Crippen molar-refractivity contribution in [2.24, 2.45) is 0 Å². The van der Waals surface area contributed by atoms with Crippen molar-refractivity contribution < 1.29 is 17.9 Å². The van der Waals surface area contributed by atoms with Gasteiger partial charge in [-0.3, -0.25) is 9.10 Å². The highest BCUT2D eigenvalue weighted by atomic mass is 32.2. The normalized spacial score (nSPS) is 11.2. The number of fused-ring (bicyclic) bond motifs is 1. The van der Waals surface area contributed by atoms with Crippen LogP contribution in [0.25, 0.3) is 10.8 Å². The van der Waals surface area contributed by atoms with E-state index in [-0.39, 0.29) is 18.0 Å². The molecular formula is C26H24N2O4S. The number of hydrogen-bond acceptors (Lipinski definition) is 4. The van der Waals surface area contributed by atoms with Gasteiger partial charge in [-0.15, -0.1) is 0 Å². The zero-order chi connectivity index (χ0) is 23.3. The van der Waals surface area contributed by atoms with Gasteiger partial charge in [-0.2, -0.15) is 0 Å². The van der Waals surface area contributed by atoms with Crippen molar-refractivity contribution >= 4 is 32.4 Å². The van der Waals surface area contributed by atoms with Gasteiger partial charge in [-0.25, -0.2) is 8.42 Å². The van der Waals surface area contributed by atoms with Crippen LogP contribution in [0.15, 0.2) is 102 Å². The average Bonchev–Trinajstić information content (AvgIpc) is 2.86. The van der Waals surface area contributed by atoms with Gasteiger partial charge in [-0.1, -0.05) is 66.7 Å². The molecule has 0 spiro atoms. The quantitative estimate of drug-likeness (QED) is 0.424. The molecule has 0 saturated heterocycles. The summed E-state index contributed by atoms with van der Waals surface area (Å²) in [5.74, 6) is -0.0621. The predicted molar refractivity (Wildman–Crippen MR) is 130 cm³/mol. The molecule has 0 heterocycles. The molecule has 0 atom stereocenters. The van der Waals surface area contributed by atoms with Crippen LogP contribution in [0.5, 0.6) is 5.75 Å². The minimum Gasteiger partial charge on any atom is -0.495 e. The largest absolute Gasteiger partial charge is 0.495 e. The molecule has 6 nitrogen and oxygen atoms in total. The van der Waals surface area contributed by atoms with Crippen LogP contribution in [-0.4, -0.2) is 28.0 Å². The van der Waals surface area contributed by atoms with E-state index in [1.54, 1.807) is 42.5 Å². The number of para-hydroxylation sites is 2. The molecule has 7 heteroatoms. The number of nitrogens with zero attached hydrogens (tertiary/aromatic N) is 1. The molecule has 4 aromatic rings. The van der Waals surface area contributed by atoms with Gasteiger partial charge in [0.15, 0.2) is 0 Å². The number of amides is 1. The van der Waals surface area contributed by atoms with Gasteiger partial charge in [0, 0.05) is 6.54 Å². The molecule has 4 rings (SSSR count). The van der Waals surface area contributed by atoms with E-state index in [2.05, 4.69) is 5.32 Å². The second-order valence-electron chi connectivity index (χ2n) is 7.45. The van der Waals surface area contributed by atoms with Crippen molar-refractivity contribution in [3.8, 4) is 5.75 Å². The summed E-state index contributed by atoms with van der Waals surface area (Å²) >= 11 is 0. The van der Waals surface area contributed by atoms with Crippen LogP contribution in [0.3, 0.4) is 0 Å². The Morgan fingerprint density at radius 2 is 1.52 bits per heavy atom. The fourth-order valence-electron chi connectivity index (χ4n) is 3.59. The lowest BCUT2D eigenvalue weighted by molar-refractivity contribution is -0.119. The van der Waals surface area contributed by atoms with Gasteiger partial charge in [0.1, 0.15) is 12.3 Å². The van der Waals surface area contributed by atoms with E-state index in [0.29, 0.717) is 11.4 Å². The highest BCUT2D eigenvalue weighted by molar-refractivity contribution is 7.92. The molecule has 0 unspecified atom stereocenters. The Bertz CT molecular complexity index is 1370. The smallest absolute Gasteiger partial charge is 0.264 e. The van der Waals surface area contributed by atoms with Crippen molar-refractivity contribution in [3.63, 3.8) is 0 Å². The minimum absolute atomic E-state index is 0.0956. The highest BCUT2D eigenvalue weighted by Gasteiger charge is 2.29. The van der Waals surface area contributed by atoms with E-state index in [4.69, 9.17) is 4.74 Å². The Morgan fingerprint density at radius 3 is 2.27 bits per heavy atom. The Kier molecular flexibility index (Phi) is 6.60. The third-order valence-electron chi connectivity index (χ3n) is 5.28. The van der Waals surface area contributed by atoms with E-state index in [0.717, 1.165) is 20.6 Å². The van der Waals surface area contributed by atoms with E-state index in [1.807, 2.05) is 42.5 Å². The predicted octanol–water partition coefficient (Wildman–Crippen LogP) is 4.36. The van der Waals surface area contributed by atoms with E-state index < -0.39 is 15.9 Å². The number of sulfonamides is 1. The summed E-state index contributed by atoms with van der Waals surface area (Å²) in [5.41, 5.74) is 1.22. The van der Waals surface area contributed by atoms with Crippen LogP contribution >= 0.6 is 0 Å². The molecular weight excluding hydrogens is 436 g/mol. The SMILES string of the molecule is COc1ccccc1N(CC(=O)NCc1ccc2ccccc2c1)S(=O)(=O)c1ccccc1. The zero-order valence-corrected chi connectivity index (χ0v) is 19.0. The maximum absolute atomic E-state index is 13.4. The summed E-state index contributed by atoms with van der Waals surface area (Å²) in [4.78, 5) is 13.0. The van der Waals surface area contributed by atoms with Crippen LogP contribution in [0, 0.1) is 0 Å². The fraction of sp³-hybridized carbons (Fsp3) is 0.115. The van der Waals surface area contributed by atoms with Crippen molar-refractivity contribution in [2.45, 2.75) is 11.4 Å². The van der Waals surface area contributed by atoms with Crippen molar-refractivity contribution in [2.75, 3.05) is 18.0 Å². The third-order valence-corrected chi connectivity index (χ3v) is 7.05. The van der Waals surface area contributed by atoms with Crippen LogP contribution in [0.1, 0.15) is 5.56 Å². The topological polar surface area (TPSA) is 75.7 Å². The molecule has 168 valence electrons. The number of carbonyl (C=O) groups is 1. The monoisotopic (exact) mass is 460 g/mol. The Hall–Kier alpha value is -3.84. The summed E-state index contributed by atoms with van der Waals surface area (Å²) in [7, 11) is -2.54. The first-order chi connectivity index (χ1) is 16.0. The molecule has 4 aromatic carbocycles.